The molecule has 106 valence electrons. The number of likely N-dealkylation sites (N-methyl/N-ethyl adjacent to an activating group) is 1. The van der Waals surface area contributed by atoms with Crippen molar-refractivity contribution in [2.45, 2.75) is 20.4 Å². The highest BCUT2D eigenvalue weighted by atomic mass is 19.1. The minimum Gasteiger partial charge on any atom is -0.354 e. The fourth-order valence-electron chi connectivity index (χ4n) is 2.42. The van der Waals surface area contributed by atoms with Crippen LogP contribution in [0.1, 0.15) is 19.4 Å². The highest BCUT2D eigenvalue weighted by molar-refractivity contribution is 5.47. The summed E-state index contributed by atoms with van der Waals surface area (Å²) < 4.78 is 13.3. The maximum Gasteiger partial charge on any atom is 0.141 e. The van der Waals surface area contributed by atoms with Gasteiger partial charge in [0.2, 0.25) is 0 Å². The van der Waals surface area contributed by atoms with Gasteiger partial charge in [0.1, 0.15) is 11.6 Å². The summed E-state index contributed by atoms with van der Waals surface area (Å²) in [7, 11) is 0. The van der Waals surface area contributed by atoms with Gasteiger partial charge in [-0.3, -0.25) is 0 Å². The van der Waals surface area contributed by atoms with Gasteiger partial charge in [-0.05, 0) is 19.2 Å². The first-order valence-corrected chi connectivity index (χ1v) is 7.07. The Labute approximate surface area is 114 Å². The van der Waals surface area contributed by atoms with E-state index in [4.69, 9.17) is 0 Å². The number of nitrogens with one attached hydrogen (secondary N) is 1. The smallest absolute Gasteiger partial charge is 0.141 e. The van der Waals surface area contributed by atoms with Gasteiger partial charge in [-0.1, -0.05) is 13.8 Å². The Bertz CT molecular complexity index is 402. The summed E-state index contributed by atoms with van der Waals surface area (Å²) in [5, 5.41) is 3.25. The summed E-state index contributed by atoms with van der Waals surface area (Å²) in [6.07, 6.45) is 1.32. The first-order valence-electron chi connectivity index (χ1n) is 7.07. The molecule has 0 aromatic carbocycles. The van der Waals surface area contributed by atoms with Gasteiger partial charge in [-0.15, -0.1) is 0 Å². The highest BCUT2D eigenvalue weighted by Crippen LogP contribution is 2.20. The van der Waals surface area contributed by atoms with Gasteiger partial charge in [0, 0.05) is 38.3 Å². The molecule has 0 radical (unpaired) electrons. The first kappa shape index (κ1) is 14.2. The molecule has 1 fully saturated rings. The highest BCUT2D eigenvalue weighted by Gasteiger charge is 2.19. The summed E-state index contributed by atoms with van der Waals surface area (Å²) in [6, 6.07) is 1.59. The average Bonchev–Trinajstić information content (AvgIpc) is 2.45. The zero-order chi connectivity index (χ0) is 13.7. The Balaban J connectivity index is 2.10. The van der Waals surface area contributed by atoms with Crippen LogP contribution in [0.25, 0.3) is 0 Å². The third-order valence-electron chi connectivity index (χ3n) is 3.59. The van der Waals surface area contributed by atoms with Crippen molar-refractivity contribution in [2.75, 3.05) is 44.2 Å². The molecular weight excluding hydrogens is 243 g/mol. The third kappa shape index (κ3) is 3.64. The van der Waals surface area contributed by atoms with Crippen molar-refractivity contribution in [2.24, 2.45) is 0 Å². The van der Waals surface area contributed by atoms with Crippen LogP contribution in [-0.2, 0) is 6.54 Å². The zero-order valence-corrected chi connectivity index (χ0v) is 11.8. The number of pyridine rings is 1. The summed E-state index contributed by atoms with van der Waals surface area (Å²) in [5.41, 5.74) is 0.951. The van der Waals surface area contributed by atoms with Gasteiger partial charge in [0.25, 0.3) is 0 Å². The van der Waals surface area contributed by atoms with E-state index in [1.165, 1.54) is 6.20 Å². The maximum absolute atomic E-state index is 13.3. The fourth-order valence-corrected chi connectivity index (χ4v) is 2.42. The van der Waals surface area contributed by atoms with Gasteiger partial charge in [0.05, 0.1) is 6.20 Å². The molecule has 0 spiro atoms. The van der Waals surface area contributed by atoms with Crippen molar-refractivity contribution in [3.05, 3.63) is 23.6 Å². The lowest BCUT2D eigenvalue weighted by Crippen LogP contribution is -2.46. The predicted molar refractivity (Wildman–Crippen MR) is 75.9 cm³/mol. The van der Waals surface area contributed by atoms with Crippen molar-refractivity contribution in [3.8, 4) is 0 Å². The topological polar surface area (TPSA) is 31.4 Å². The summed E-state index contributed by atoms with van der Waals surface area (Å²) in [4.78, 5) is 8.98. The van der Waals surface area contributed by atoms with E-state index in [1.54, 1.807) is 6.07 Å². The fraction of sp³-hybridized carbons (Fsp3) is 0.643. The monoisotopic (exact) mass is 266 g/mol. The van der Waals surface area contributed by atoms with Crippen LogP contribution >= 0.6 is 0 Å². The maximum atomic E-state index is 13.3. The second kappa shape index (κ2) is 6.82. The number of hydrogen-bond acceptors (Lipinski definition) is 4. The molecule has 1 aromatic rings. The number of rotatable bonds is 5. The third-order valence-corrected chi connectivity index (χ3v) is 3.59. The molecule has 0 atom stereocenters. The van der Waals surface area contributed by atoms with E-state index in [-0.39, 0.29) is 5.82 Å². The van der Waals surface area contributed by atoms with Crippen LogP contribution in [0.2, 0.25) is 0 Å². The second-order valence-corrected chi connectivity index (χ2v) is 4.84. The van der Waals surface area contributed by atoms with E-state index < -0.39 is 0 Å². The molecule has 0 amide bonds. The molecule has 0 unspecified atom stereocenters. The second-order valence-electron chi connectivity index (χ2n) is 4.84. The molecule has 0 aliphatic carbocycles. The quantitative estimate of drug-likeness (QED) is 0.874. The van der Waals surface area contributed by atoms with Gasteiger partial charge in [-0.2, -0.15) is 0 Å². The van der Waals surface area contributed by atoms with Crippen molar-refractivity contribution < 1.29 is 4.39 Å². The molecule has 0 saturated carbocycles. The van der Waals surface area contributed by atoms with E-state index in [0.29, 0.717) is 6.54 Å². The van der Waals surface area contributed by atoms with Crippen LogP contribution in [0.3, 0.4) is 0 Å². The van der Waals surface area contributed by atoms with Gasteiger partial charge in [0.15, 0.2) is 0 Å². The molecule has 4 nitrogen and oxygen atoms in total. The average molecular weight is 266 g/mol. The molecule has 2 rings (SSSR count). The molecular formula is C14H23FN4. The molecule has 1 aliphatic rings. The number of halogens is 1. The lowest BCUT2D eigenvalue weighted by Gasteiger charge is -2.35. The molecule has 1 aliphatic heterocycles. The molecule has 1 saturated heterocycles. The molecule has 1 aromatic heterocycles. The SMILES string of the molecule is CCNCc1cc(F)cnc1N1CCN(CC)CC1. The van der Waals surface area contributed by atoms with E-state index in [2.05, 4.69) is 27.0 Å². The number of hydrogen-bond donors (Lipinski definition) is 1. The van der Waals surface area contributed by atoms with Crippen LogP contribution in [-0.4, -0.2) is 49.2 Å². The van der Waals surface area contributed by atoms with Crippen molar-refractivity contribution in [1.29, 1.82) is 0 Å². The van der Waals surface area contributed by atoms with Crippen molar-refractivity contribution in [1.82, 2.24) is 15.2 Å². The van der Waals surface area contributed by atoms with E-state index in [1.807, 2.05) is 6.92 Å². The van der Waals surface area contributed by atoms with Crippen molar-refractivity contribution in [3.63, 3.8) is 0 Å². The molecule has 0 bridgehead atoms. The molecule has 1 N–H and O–H groups in total. The largest absolute Gasteiger partial charge is 0.354 e. The molecule has 5 heteroatoms. The van der Waals surface area contributed by atoms with Crippen LogP contribution in [0, 0.1) is 5.82 Å². The molecule has 19 heavy (non-hydrogen) atoms. The van der Waals surface area contributed by atoms with E-state index in [9.17, 15) is 4.39 Å². The Morgan fingerprint density at radius 2 is 2.00 bits per heavy atom. The van der Waals surface area contributed by atoms with Gasteiger partial charge < -0.3 is 15.1 Å². The lowest BCUT2D eigenvalue weighted by molar-refractivity contribution is 0.270. The summed E-state index contributed by atoms with van der Waals surface area (Å²) in [6.45, 7) is 10.9. The minimum atomic E-state index is -0.260. The Hall–Kier alpha value is -1.20. The number of aromatic nitrogens is 1. The van der Waals surface area contributed by atoms with E-state index >= 15 is 0 Å². The number of piperazine rings is 1. The van der Waals surface area contributed by atoms with Gasteiger partial charge >= 0.3 is 0 Å². The van der Waals surface area contributed by atoms with Crippen LogP contribution < -0.4 is 10.2 Å². The Kier molecular flexibility index (Phi) is 5.10. The normalized spacial score (nSPS) is 16.9. The van der Waals surface area contributed by atoms with Crippen LogP contribution in [0.4, 0.5) is 10.2 Å². The van der Waals surface area contributed by atoms with Crippen LogP contribution in [0.5, 0.6) is 0 Å². The Morgan fingerprint density at radius 3 is 2.63 bits per heavy atom. The molecule has 2 heterocycles. The number of nitrogens with zero attached hydrogens (tertiary/aromatic N) is 3. The van der Waals surface area contributed by atoms with Gasteiger partial charge in [-0.25, -0.2) is 9.37 Å². The van der Waals surface area contributed by atoms with E-state index in [0.717, 1.165) is 50.6 Å². The standard InChI is InChI=1S/C14H23FN4/c1-3-16-10-12-9-13(15)11-17-14(12)19-7-5-18(4-2)6-8-19/h9,11,16H,3-8,10H2,1-2H3. The van der Waals surface area contributed by atoms with Crippen LogP contribution in [0.15, 0.2) is 12.3 Å². The van der Waals surface area contributed by atoms with Crippen molar-refractivity contribution >= 4 is 5.82 Å². The first-order chi connectivity index (χ1) is 9.24. The number of anilines is 1. The lowest BCUT2D eigenvalue weighted by atomic mass is 10.2. The summed E-state index contributed by atoms with van der Waals surface area (Å²) >= 11 is 0. The minimum absolute atomic E-state index is 0.260. The predicted octanol–water partition coefficient (Wildman–Crippen LogP) is 1.47. The summed E-state index contributed by atoms with van der Waals surface area (Å²) in [5.74, 6) is 0.668. The zero-order valence-electron chi connectivity index (χ0n) is 11.8. The Morgan fingerprint density at radius 1 is 1.26 bits per heavy atom.